The maximum Gasteiger partial charge on any atom is 0.264 e. The lowest BCUT2D eigenvalue weighted by molar-refractivity contribution is -0.139. The lowest BCUT2D eigenvalue weighted by Gasteiger charge is -2.33. The molecule has 7 nitrogen and oxygen atoms in total. The van der Waals surface area contributed by atoms with Crippen LogP contribution in [0.5, 0.6) is 0 Å². The van der Waals surface area contributed by atoms with Crippen molar-refractivity contribution < 1.29 is 18.0 Å². The average Bonchev–Trinajstić information content (AvgIpc) is 2.97. The van der Waals surface area contributed by atoms with Crippen molar-refractivity contribution in [2.75, 3.05) is 23.9 Å². The first-order valence-corrected chi connectivity index (χ1v) is 15.4. The molecule has 1 N–H and O–H groups in total. The average molecular weight is 564 g/mol. The third-order valence-electron chi connectivity index (χ3n) is 6.80. The van der Waals surface area contributed by atoms with Gasteiger partial charge in [-0.25, -0.2) is 8.42 Å². The van der Waals surface area contributed by atoms with E-state index in [2.05, 4.69) is 5.32 Å². The molecule has 8 heteroatoms. The molecule has 3 aromatic carbocycles. The largest absolute Gasteiger partial charge is 0.354 e. The van der Waals surface area contributed by atoms with Crippen molar-refractivity contribution in [3.05, 3.63) is 96.1 Å². The number of hydrogen-bond donors (Lipinski definition) is 1. The van der Waals surface area contributed by atoms with E-state index in [1.165, 1.54) is 17.0 Å². The lowest BCUT2D eigenvalue weighted by Crippen LogP contribution is -2.53. The molecule has 0 saturated heterocycles. The Morgan fingerprint density at radius 2 is 1.43 bits per heavy atom. The van der Waals surface area contributed by atoms with Crippen molar-refractivity contribution in [1.29, 1.82) is 0 Å². The first kappa shape index (κ1) is 30.9. The third-order valence-corrected chi connectivity index (χ3v) is 8.59. The molecule has 0 bridgehead atoms. The van der Waals surface area contributed by atoms with Crippen LogP contribution in [0.2, 0.25) is 0 Å². The van der Waals surface area contributed by atoms with Gasteiger partial charge in [-0.3, -0.25) is 13.9 Å². The molecule has 1 unspecified atom stereocenters. The van der Waals surface area contributed by atoms with Crippen molar-refractivity contribution in [3.8, 4) is 0 Å². The predicted molar refractivity (Wildman–Crippen MR) is 161 cm³/mol. The first-order chi connectivity index (χ1) is 19.2. The summed E-state index contributed by atoms with van der Waals surface area (Å²) in [7, 11) is -4.06. The van der Waals surface area contributed by atoms with Crippen molar-refractivity contribution in [3.63, 3.8) is 0 Å². The van der Waals surface area contributed by atoms with Gasteiger partial charge in [0.25, 0.3) is 10.0 Å². The minimum atomic E-state index is -4.06. The van der Waals surface area contributed by atoms with Gasteiger partial charge in [-0.1, -0.05) is 88.4 Å². The fraction of sp³-hybridized carbons (Fsp3) is 0.375. The molecule has 0 heterocycles. The van der Waals surface area contributed by atoms with Gasteiger partial charge >= 0.3 is 0 Å². The van der Waals surface area contributed by atoms with E-state index in [1.54, 1.807) is 30.3 Å². The van der Waals surface area contributed by atoms with Crippen LogP contribution in [0.25, 0.3) is 0 Å². The normalized spacial score (nSPS) is 12.1. The Labute approximate surface area is 239 Å². The number of carbonyl (C=O) groups is 2. The Hall–Kier alpha value is -3.65. The van der Waals surface area contributed by atoms with E-state index >= 15 is 0 Å². The molecule has 40 heavy (non-hydrogen) atoms. The summed E-state index contributed by atoms with van der Waals surface area (Å²) in [6.45, 7) is 8.26. The van der Waals surface area contributed by atoms with E-state index in [1.807, 2.05) is 70.2 Å². The highest BCUT2D eigenvalue weighted by atomic mass is 32.2. The van der Waals surface area contributed by atoms with E-state index < -0.39 is 28.5 Å². The Balaban J connectivity index is 1.98. The van der Waals surface area contributed by atoms with Gasteiger partial charge in [0.2, 0.25) is 11.8 Å². The number of nitrogens with zero attached hydrogens (tertiary/aromatic N) is 2. The number of sulfonamides is 1. The van der Waals surface area contributed by atoms with E-state index in [4.69, 9.17) is 0 Å². The molecule has 1 atom stereocenters. The minimum Gasteiger partial charge on any atom is -0.354 e. The highest BCUT2D eigenvalue weighted by Gasteiger charge is 2.33. The van der Waals surface area contributed by atoms with E-state index in [0.717, 1.165) is 21.9 Å². The molecule has 3 rings (SSSR count). The van der Waals surface area contributed by atoms with Crippen LogP contribution < -0.4 is 9.62 Å². The van der Waals surface area contributed by atoms with Crippen molar-refractivity contribution in [1.82, 2.24) is 10.2 Å². The molecule has 2 amide bonds. The summed E-state index contributed by atoms with van der Waals surface area (Å²) in [6, 6.07) is 24.3. The highest BCUT2D eigenvalue weighted by molar-refractivity contribution is 7.92. The van der Waals surface area contributed by atoms with Gasteiger partial charge in [-0.15, -0.1) is 0 Å². The smallest absolute Gasteiger partial charge is 0.264 e. The van der Waals surface area contributed by atoms with Crippen LogP contribution in [0.1, 0.15) is 45.2 Å². The van der Waals surface area contributed by atoms with Crippen molar-refractivity contribution in [2.45, 2.75) is 57.9 Å². The fourth-order valence-electron chi connectivity index (χ4n) is 4.46. The lowest BCUT2D eigenvalue weighted by atomic mass is 10.1. The van der Waals surface area contributed by atoms with Gasteiger partial charge in [0.1, 0.15) is 12.6 Å². The minimum absolute atomic E-state index is 0.0971. The number of anilines is 1. The van der Waals surface area contributed by atoms with E-state index in [9.17, 15) is 18.0 Å². The van der Waals surface area contributed by atoms with Gasteiger partial charge in [0.05, 0.1) is 10.6 Å². The van der Waals surface area contributed by atoms with E-state index in [0.29, 0.717) is 25.1 Å². The monoisotopic (exact) mass is 563 g/mol. The molecular formula is C32H41N3O4S. The molecule has 3 aromatic rings. The van der Waals surface area contributed by atoms with Crippen LogP contribution in [-0.4, -0.2) is 50.8 Å². The Morgan fingerprint density at radius 3 is 1.98 bits per heavy atom. The second-order valence-electron chi connectivity index (χ2n) is 10.2. The van der Waals surface area contributed by atoms with E-state index in [-0.39, 0.29) is 23.3 Å². The predicted octanol–water partition coefficient (Wildman–Crippen LogP) is 5.07. The Bertz CT molecular complexity index is 1330. The number of benzene rings is 3. The van der Waals surface area contributed by atoms with Gasteiger partial charge in [-0.2, -0.15) is 0 Å². The number of hydrogen-bond acceptors (Lipinski definition) is 4. The van der Waals surface area contributed by atoms with Gasteiger partial charge in [-0.05, 0) is 60.6 Å². The zero-order valence-electron chi connectivity index (χ0n) is 23.9. The molecular weight excluding hydrogens is 522 g/mol. The second-order valence-corrected chi connectivity index (χ2v) is 12.1. The van der Waals surface area contributed by atoms with Crippen LogP contribution in [-0.2, 0) is 32.5 Å². The van der Waals surface area contributed by atoms with Gasteiger partial charge in [0.15, 0.2) is 0 Å². The first-order valence-electron chi connectivity index (χ1n) is 13.9. The molecule has 0 aliphatic heterocycles. The molecule has 0 aromatic heterocycles. The highest BCUT2D eigenvalue weighted by Crippen LogP contribution is 2.25. The van der Waals surface area contributed by atoms with Crippen LogP contribution in [0, 0.1) is 5.92 Å². The maximum atomic E-state index is 14.0. The standard InChI is InChI=1S/C32H41N3O4S/c1-5-26-17-19-28(20-18-26)35(40(38,39)29-15-11-8-12-16-29)24-31(36)34(22-21-27-13-9-7-10-14-27)30(6-2)32(37)33-23-25(3)4/h7-20,25,30H,5-6,21-24H2,1-4H3,(H,33,37). The van der Waals surface area contributed by atoms with Gasteiger partial charge < -0.3 is 10.2 Å². The molecule has 0 aliphatic carbocycles. The molecule has 214 valence electrons. The summed E-state index contributed by atoms with van der Waals surface area (Å²) >= 11 is 0. The van der Waals surface area contributed by atoms with Crippen LogP contribution in [0.15, 0.2) is 89.8 Å². The molecule has 0 spiro atoms. The Morgan fingerprint density at radius 1 is 0.825 bits per heavy atom. The van der Waals surface area contributed by atoms with Gasteiger partial charge in [0, 0.05) is 13.1 Å². The topological polar surface area (TPSA) is 86.8 Å². The Kier molecular flexibility index (Phi) is 11.3. The van der Waals surface area contributed by atoms with Crippen LogP contribution in [0.3, 0.4) is 0 Å². The summed E-state index contributed by atoms with van der Waals surface area (Å²) in [5.74, 6) is -0.406. The number of amides is 2. The quantitative estimate of drug-likeness (QED) is 0.297. The van der Waals surface area contributed by atoms with Crippen LogP contribution in [0.4, 0.5) is 5.69 Å². The van der Waals surface area contributed by atoms with Crippen molar-refractivity contribution >= 4 is 27.5 Å². The number of nitrogens with one attached hydrogen (secondary N) is 1. The zero-order valence-corrected chi connectivity index (χ0v) is 24.7. The summed E-state index contributed by atoms with van der Waals surface area (Å²) in [5, 5.41) is 2.96. The molecule has 0 fully saturated rings. The van der Waals surface area contributed by atoms with Crippen LogP contribution >= 0.6 is 0 Å². The summed E-state index contributed by atoms with van der Waals surface area (Å²) in [5.41, 5.74) is 2.49. The maximum absolute atomic E-state index is 14.0. The fourth-order valence-corrected chi connectivity index (χ4v) is 5.90. The third kappa shape index (κ3) is 8.18. The summed E-state index contributed by atoms with van der Waals surface area (Å²) in [4.78, 5) is 28.9. The number of aryl methyl sites for hydroxylation is 1. The molecule has 0 aliphatic rings. The second kappa shape index (κ2) is 14.7. The summed E-state index contributed by atoms with van der Waals surface area (Å²) < 4.78 is 28.9. The number of carbonyl (C=O) groups excluding carboxylic acids is 2. The zero-order chi connectivity index (χ0) is 29.1. The summed E-state index contributed by atoms with van der Waals surface area (Å²) in [6.07, 6.45) is 1.75. The SMILES string of the molecule is CCc1ccc(N(CC(=O)N(CCc2ccccc2)C(CC)C(=O)NCC(C)C)S(=O)(=O)c2ccccc2)cc1. The number of rotatable bonds is 14. The van der Waals surface area contributed by atoms with Crippen molar-refractivity contribution in [2.24, 2.45) is 5.92 Å². The molecule has 0 saturated carbocycles. The molecule has 0 radical (unpaired) electrons.